The molecule has 3 N–H and O–H groups in total. The lowest BCUT2D eigenvalue weighted by Crippen LogP contribution is -2.18. The van der Waals surface area contributed by atoms with E-state index in [0.717, 1.165) is 17.7 Å². The molecule has 0 bridgehead atoms. The maximum atomic E-state index is 12.4. The van der Waals surface area contributed by atoms with Crippen molar-refractivity contribution in [2.75, 3.05) is 11.9 Å². The summed E-state index contributed by atoms with van der Waals surface area (Å²) in [7, 11) is 0. The molecule has 10 heteroatoms. The van der Waals surface area contributed by atoms with E-state index in [-0.39, 0.29) is 12.2 Å². The molecule has 0 fully saturated rings. The fourth-order valence-electron chi connectivity index (χ4n) is 2.74. The molecule has 0 unspecified atom stereocenters. The van der Waals surface area contributed by atoms with Gasteiger partial charge in [0.25, 0.3) is 0 Å². The number of H-pyrrole nitrogens is 2. The SMILES string of the molecule is O=c1[nH]c2cnc(NCCc3cnc[nH]3)nc2n1Cc1cc(Cl)ccc1Cl. The number of halogens is 2. The first kappa shape index (κ1) is 17.6. The summed E-state index contributed by atoms with van der Waals surface area (Å²) in [5.74, 6) is 0.437. The van der Waals surface area contributed by atoms with Gasteiger partial charge in [0.05, 0.1) is 19.1 Å². The van der Waals surface area contributed by atoms with Crippen LogP contribution < -0.4 is 11.0 Å². The van der Waals surface area contributed by atoms with Crippen molar-refractivity contribution in [3.05, 3.63) is 68.7 Å². The van der Waals surface area contributed by atoms with E-state index >= 15 is 0 Å². The third-order valence-corrected chi connectivity index (χ3v) is 4.68. The molecule has 0 saturated heterocycles. The number of nitrogens with one attached hydrogen (secondary N) is 3. The first-order chi connectivity index (χ1) is 13.1. The summed E-state index contributed by atoms with van der Waals surface area (Å²) in [5.41, 5.74) is 2.51. The molecule has 0 radical (unpaired) electrons. The van der Waals surface area contributed by atoms with Crippen molar-refractivity contribution in [3.63, 3.8) is 0 Å². The van der Waals surface area contributed by atoms with E-state index in [0.29, 0.717) is 33.7 Å². The van der Waals surface area contributed by atoms with Gasteiger partial charge in [-0.05, 0) is 23.8 Å². The van der Waals surface area contributed by atoms with Crippen molar-refractivity contribution in [2.45, 2.75) is 13.0 Å². The van der Waals surface area contributed by atoms with Gasteiger partial charge in [0.1, 0.15) is 5.52 Å². The third kappa shape index (κ3) is 3.81. The molecule has 3 aromatic heterocycles. The largest absolute Gasteiger partial charge is 0.354 e. The number of hydrogen-bond acceptors (Lipinski definition) is 5. The highest BCUT2D eigenvalue weighted by Crippen LogP contribution is 2.22. The number of benzene rings is 1. The van der Waals surface area contributed by atoms with Crippen molar-refractivity contribution in [1.29, 1.82) is 0 Å². The Hall–Kier alpha value is -2.84. The number of aromatic amines is 2. The molecule has 27 heavy (non-hydrogen) atoms. The average molecular weight is 404 g/mol. The van der Waals surface area contributed by atoms with Crippen molar-refractivity contribution in [3.8, 4) is 0 Å². The van der Waals surface area contributed by atoms with Crippen molar-refractivity contribution in [1.82, 2.24) is 29.5 Å². The van der Waals surface area contributed by atoms with Crippen LogP contribution in [0.4, 0.5) is 5.95 Å². The molecule has 0 atom stereocenters. The lowest BCUT2D eigenvalue weighted by Gasteiger charge is -2.07. The van der Waals surface area contributed by atoms with Crippen LogP contribution in [0.2, 0.25) is 10.0 Å². The number of imidazole rings is 2. The Bertz CT molecular complexity index is 1130. The zero-order chi connectivity index (χ0) is 18.8. The van der Waals surface area contributed by atoms with Gasteiger partial charge in [0.15, 0.2) is 5.65 Å². The molecule has 0 saturated carbocycles. The molecule has 0 aliphatic rings. The molecule has 0 aliphatic heterocycles. The van der Waals surface area contributed by atoms with Crippen LogP contribution in [0.15, 0.2) is 41.7 Å². The smallest absolute Gasteiger partial charge is 0.328 e. The molecular formula is C17H15Cl2N7O. The third-order valence-electron chi connectivity index (χ3n) is 4.08. The van der Waals surface area contributed by atoms with E-state index in [4.69, 9.17) is 23.2 Å². The Balaban J connectivity index is 1.59. The molecule has 1 aromatic carbocycles. The van der Waals surface area contributed by atoms with Gasteiger partial charge < -0.3 is 15.3 Å². The van der Waals surface area contributed by atoms with E-state index in [1.54, 1.807) is 36.9 Å². The van der Waals surface area contributed by atoms with Crippen LogP contribution in [0, 0.1) is 0 Å². The topological polar surface area (TPSA) is 104 Å². The monoisotopic (exact) mass is 403 g/mol. The van der Waals surface area contributed by atoms with Gasteiger partial charge in [-0.1, -0.05) is 23.2 Å². The molecule has 4 rings (SSSR count). The molecule has 3 heterocycles. The van der Waals surface area contributed by atoms with Crippen molar-refractivity contribution < 1.29 is 0 Å². The number of fused-ring (bicyclic) bond motifs is 1. The summed E-state index contributed by atoms with van der Waals surface area (Å²) in [6, 6.07) is 5.14. The summed E-state index contributed by atoms with van der Waals surface area (Å²) in [6.45, 7) is 0.880. The lowest BCUT2D eigenvalue weighted by molar-refractivity contribution is 0.777. The minimum atomic E-state index is -0.287. The highest BCUT2D eigenvalue weighted by atomic mass is 35.5. The zero-order valence-corrected chi connectivity index (χ0v) is 15.6. The second kappa shape index (κ2) is 7.42. The van der Waals surface area contributed by atoms with Crippen LogP contribution in [0.3, 0.4) is 0 Å². The number of nitrogens with zero attached hydrogens (tertiary/aromatic N) is 4. The molecule has 8 nitrogen and oxygen atoms in total. The van der Waals surface area contributed by atoms with Gasteiger partial charge in [0, 0.05) is 34.9 Å². The summed E-state index contributed by atoms with van der Waals surface area (Å²) >= 11 is 12.3. The maximum absolute atomic E-state index is 12.4. The molecular weight excluding hydrogens is 389 g/mol. The van der Waals surface area contributed by atoms with Crippen LogP contribution in [0.5, 0.6) is 0 Å². The van der Waals surface area contributed by atoms with E-state index in [2.05, 4.69) is 30.2 Å². The molecule has 0 aliphatic carbocycles. The fraction of sp³-hybridized carbons (Fsp3) is 0.176. The van der Waals surface area contributed by atoms with Gasteiger partial charge in [-0.15, -0.1) is 0 Å². The zero-order valence-electron chi connectivity index (χ0n) is 14.0. The van der Waals surface area contributed by atoms with Gasteiger partial charge in [-0.25, -0.2) is 14.8 Å². The number of anilines is 1. The van der Waals surface area contributed by atoms with Crippen LogP contribution >= 0.6 is 23.2 Å². The van der Waals surface area contributed by atoms with Gasteiger partial charge in [-0.3, -0.25) is 4.57 Å². The summed E-state index contributed by atoms with van der Waals surface area (Å²) in [6.07, 6.45) is 5.74. The van der Waals surface area contributed by atoms with Gasteiger partial charge >= 0.3 is 5.69 Å². The first-order valence-corrected chi connectivity index (χ1v) is 8.96. The minimum absolute atomic E-state index is 0.253. The predicted octanol–water partition coefficient (Wildman–Crippen LogP) is 2.85. The van der Waals surface area contributed by atoms with E-state index in [9.17, 15) is 4.79 Å². The molecule has 0 amide bonds. The second-order valence-corrected chi connectivity index (χ2v) is 6.78. The summed E-state index contributed by atoms with van der Waals surface area (Å²) in [4.78, 5) is 30.8. The lowest BCUT2D eigenvalue weighted by atomic mass is 10.2. The Morgan fingerprint density at radius 3 is 2.93 bits per heavy atom. The maximum Gasteiger partial charge on any atom is 0.328 e. The van der Waals surface area contributed by atoms with E-state index in [1.807, 2.05) is 0 Å². The minimum Gasteiger partial charge on any atom is -0.354 e. The average Bonchev–Trinajstić information content (AvgIpc) is 3.27. The van der Waals surface area contributed by atoms with E-state index < -0.39 is 0 Å². The fourth-order valence-corrected chi connectivity index (χ4v) is 3.11. The van der Waals surface area contributed by atoms with Crippen molar-refractivity contribution in [2.24, 2.45) is 0 Å². The highest BCUT2D eigenvalue weighted by molar-refractivity contribution is 6.33. The van der Waals surface area contributed by atoms with Crippen LogP contribution in [-0.4, -0.2) is 36.0 Å². The highest BCUT2D eigenvalue weighted by Gasteiger charge is 2.12. The van der Waals surface area contributed by atoms with E-state index in [1.165, 1.54) is 4.57 Å². The van der Waals surface area contributed by atoms with Gasteiger partial charge in [0.2, 0.25) is 5.95 Å². The summed E-state index contributed by atoms with van der Waals surface area (Å²) in [5, 5.41) is 4.24. The quantitative estimate of drug-likeness (QED) is 0.459. The Morgan fingerprint density at radius 2 is 2.11 bits per heavy atom. The number of rotatable bonds is 6. The first-order valence-electron chi connectivity index (χ1n) is 8.21. The summed E-state index contributed by atoms with van der Waals surface area (Å²) < 4.78 is 1.51. The van der Waals surface area contributed by atoms with Crippen LogP contribution in [-0.2, 0) is 13.0 Å². The Kier molecular flexibility index (Phi) is 4.83. The van der Waals surface area contributed by atoms with Gasteiger partial charge in [-0.2, -0.15) is 4.98 Å². The number of aromatic nitrogens is 6. The molecule has 0 spiro atoms. The second-order valence-electron chi connectivity index (χ2n) is 5.94. The predicted molar refractivity (Wildman–Crippen MR) is 104 cm³/mol. The normalized spacial score (nSPS) is 11.2. The molecule has 4 aromatic rings. The van der Waals surface area contributed by atoms with Crippen LogP contribution in [0.25, 0.3) is 11.2 Å². The van der Waals surface area contributed by atoms with Crippen LogP contribution in [0.1, 0.15) is 11.3 Å². The Morgan fingerprint density at radius 1 is 1.22 bits per heavy atom. The van der Waals surface area contributed by atoms with Crippen molar-refractivity contribution >= 4 is 40.3 Å². The number of hydrogen-bond donors (Lipinski definition) is 3. The Labute approximate surface area is 163 Å². The molecule has 138 valence electrons. The standard InChI is InChI=1S/C17H15Cl2N7O/c18-11-1-2-13(19)10(5-11)8-26-15-14(24-17(26)27)7-22-16(25-15)21-4-3-12-6-20-9-23-12/h1-2,5-7,9H,3-4,8H2,(H,20,23)(H,24,27)(H,21,22,25).